The molecule has 2 heterocycles. The van der Waals surface area contributed by atoms with Crippen molar-refractivity contribution in [3.63, 3.8) is 0 Å². The number of benzene rings is 2. The van der Waals surface area contributed by atoms with Gasteiger partial charge in [-0.2, -0.15) is 0 Å². The Balaban J connectivity index is 0.00000160. The Morgan fingerprint density at radius 2 is 1.70 bits per heavy atom. The number of hydrogen-bond acceptors (Lipinski definition) is 4. The van der Waals surface area contributed by atoms with Crippen molar-refractivity contribution < 1.29 is 9.21 Å². The fourth-order valence-corrected chi connectivity index (χ4v) is 3.93. The molecule has 30 heavy (non-hydrogen) atoms. The van der Waals surface area contributed by atoms with Gasteiger partial charge < -0.3 is 15.1 Å². The SMILES string of the molecule is Cl.Cl.NC[C@@H]1CN(C(=O)CCc2ncc(-c3ccccc3)o2)C[C@H]1c1ccccc1. The van der Waals surface area contributed by atoms with Crippen molar-refractivity contribution >= 4 is 30.7 Å². The van der Waals surface area contributed by atoms with E-state index in [9.17, 15) is 4.79 Å². The zero-order valence-electron chi connectivity index (χ0n) is 16.6. The highest BCUT2D eigenvalue weighted by Gasteiger charge is 2.35. The van der Waals surface area contributed by atoms with Crippen LogP contribution in [0.2, 0.25) is 0 Å². The molecular weight excluding hydrogens is 421 g/mol. The fourth-order valence-electron chi connectivity index (χ4n) is 3.93. The molecule has 0 spiro atoms. The average Bonchev–Trinajstić information content (AvgIpc) is 3.40. The normalized spacial score (nSPS) is 17.8. The molecule has 4 rings (SSSR count). The molecule has 2 aromatic carbocycles. The van der Waals surface area contributed by atoms with E-state index in [1.165, 1.54) is 5.56 Å². The highest BCUT2D eigenvalue weighted by atomic mass is 35.5. The van der Waals surface area contributed by atoms with Crippen molar-refractivity contribution in [2.45, 2.75) is 18.8 Å². The predicted octanol–water partition coefficient (Wildman–Crippen LogP) is 4.32. The maximum Gasteiger partial charge on any atom is 0.223 e. The van der Waals surface area contributed by atoms with Crippen molar-refractivity contribution in [2.75, 3.05) is 19.6 Å². The van der Waals surface area contributed by atoms with E-state index in [1.807, 2.05) is 53.4 Å². The number of likely N-dealkylation sites (tertiary alicyclic amines) is 1. The van der Waals surface area contributed by atoms with Crippen molar-refractivity contribution in [3.8, 4) is 11.3 Å². The summed E-state index contributed by atoms with van der Waals surface area (Å²) in [7, 11) is 0. The highest BCUT2D eigenvalue weighted by molar-refractivity contribution is 5.85. The van der Waals surface area contributed by atoms with E-state index >= 15 is 0 Å². The van der Waals surface area contributed by atoms with E-state index in [4.69, 9.17) is 10.2 Å². The van der Waals surface area contributed by atoms with Crippen molar-refractivity contribution in [3.05, 3.63) is 78.3 Å². The summed E-state index contributed by atoms with van der Waals surface area (Å²) < 4.78 is 5.81. The Kier molecular flexibility index (Phi) is 8.90. The number of amides is 1. The average molecular weight is 448 g/mol. The van der Waals surface area contributed by atoms with Crippen molar-refractivity contribution in [1.82, 2.24) is 9.88 Å². The van der Waals surface area contributed by atoms with Crippen LogP contribution in [0.3, 0.4) is 0 Å². The van der Waals surface area contributed by atoms with Gasteiger partial charge in [-0.25, -0.2) is 4.98 Å². The van der Waals surface area contributed by atoms with Crippen LogP contribution in [0.25, 0.3) is 11.3 Å². The van der Waals surface area contributed by atoms with E-state index in [0.717, 1.165) is 24.4 Å². The predicted molar refractivity (Wildman–Crippen MR) is 123 cm³/mol. The maximum atomic E-state index is 12.7. The zero-order chi connectivity index (χ0) is 19.3. The molecule has 1 aliphatic rings. The molecule has 0 radical (unpaired) electrons. The number of hydrogen-bond donors (Lipinski definition) is 1. The molecule has 0 aliphatic carbocycles. The van der Waals surface area contributed by atoms with Crippen LogP contribution in [0.5, 0.6) is 0 Å². The monoisotopic (exact) mass is 447 g/mol. The van der Waals surface area contributed by atoms with Crippen LogP contribution >= 0.6 is 24.8 Å². The second-order valence-electron chi connectivity index (χ2n) is 7.30. The van der Waals surface area contributed by atoms with Crippen LogP contribution in [-0.2, 0) is 11.2 Å². The largest absolute Gasteiger partial charge is 0.441 e. The number of nitrogens with two attached hydrogens (primary N) is 1. The molecule has 2 N–H and O–H groups in total. The molecule has 1 saturated heterocycles. The smallest absolute Gasteiger partial charge is 0.223 e. The molecule has 1 amide bonds. The molecule has 2 atom stereocenters. The van der Waals surface area contributed by atoms with Gasteiger partial charge in [0.15, 0.2) is 11.7 Å². The number of rotatable bonds is 6. The lowest BCUT2D eigenvalue weighted by molar-refractivity contribution is -0.130. The molecule has 7 heteroatoms. The quantitative estimate of drug-likeness (QED) is 0.610. The fraction of sp³-hybridized carbons (Fsp3) is 0.304. The van der Waals surface area contributed by atoms with Crippen LogP contribution in [0.15, 0.2) is 71.3 Å². The van der Waals surface area contributed by atoms with Crippen LogP contribution in [0, 0.1) is 5.92 Å². The van der Waals surface area contributed by atoms with Gasteiger partial charge in [0, 0.05) is 37.4 Å². The summed E-state index contributed by atoms with van der Waals surface area (Å²) >= 11 is 0. The van der Waals surface area contributed by atoms with Gasteiger partial charge in [-0.05, 0) is 18.0 Å². The Morgan fingerprint density at radius 3 is 2.37 bits per heavy atom. The number of oxazole rings is 1. The number of halogens is 2. The van der Waals surface area contributed by atoms with E-state index < -0.39 is 0 Å². The van der Waals surface area contributed by atoms with Gasteiger partial charge >= 0.3 is 0 Å². The minimum atomic E-state index is 0. The van der Waals surface area contributed by atoms with E-state index in [-0.39, 0.29) is 30.7 Å². The summed E-state index contributed by atoms with van der Waals surface area (Å²) in [5.41, 5.74) is 8.23. The van der Waals surface area contributed by atoms with Gasteiger partial charge in [0.05, 0.1) is 6.20 Å². The third kappa shape index (κ3) is 5.42. The summed E-state index contributed by atoms with van der Waals surface area (Å²) in [6, 6.07) is 20.2. The summed E-state index contributed by atoms with van der Waals surface area (Å²) in [5, 5.41) is 0. The van der Waals surface area contributed by atoms with Crippen LogP contribution in [0.4, 0.5) is 0 Å². The number of carbonyl (C=O) groups is 1. The third-order valence-electron chi connectivity index (χ3n) is 5.49. The first-order chi connectivity index (χ1) is 13.7. The number of aryl methyl sites for hydroxylation is 1. The van der Waals surface area contributed by atoms with Crippen LogP contribution < -0.4 is 5.73 Å². The van der Waals surface area contributed by atoms with Crippen molar-refractivity contribution in [1.29, 1.82) is 0 Å². The second kappa shape index (κ2) is 11.2. The van der Waals surface area contributed by atoms with Gasteiger partial charge in [-0.1, -0.05) is 60.7 Å². The minimum absolute atomic E-state index is 0. The maximum absolute atomic E-state index is 12.7. The summed E-state index contributed by atoms with van der Waals surface area (Å²) in [4.78, 5) is 19.0. The van der Waals surface area contributed by atoms with Gasteiger partial charge in [0.2, 0.25) is 5.91 Å². The molecule has 0 unspecified atom stereocenters. The highest BCUT2D eigenvalue weighted by Crippen LogP contribution is 2.32. The molecule has 160 valence electrons. The van der Waals surface area contributed by atoms with Gasteiger partial charge in [-0.3, -0.25) is 4.79 Å². The van der Waals surface area contributed by atoms with Gasteiger partial charge in [0.25, 0.3) is 0 Å². The molecule has 5 nitrogen and oxygen atoms in total. The number of nitrogens with zero attached hydrogens (tertiary/aromatic N) is 2. The van der Waals surface area contributed by atoms with Crippen molar-refractivity contribution in [2.24, 2.45) is 11.7 Å². The Labute approximate surface area is 189 Å². The summed E-state index contributed by atoms with van der Waals surface area (Å²) in [5.74, 6) is 2.08. The molecule has 3 aromatic rings. The lowest BCUT2D eigenvalue weighted by atomic mass is 9.89. The molecule has 0 bridgehead atoms. The zero-order valence-corrected chi connectivity index (χ0v) is 18.3. The molecule has 1 aliphatic heterocycles. The Morgan fingerprint density at radius 1 is 1.03 bits per heavy atom. The molecule has 1 fully saturated rings. The summed E-state index contributed by atoms with van der Waals surface area (Å²) in [6.07, 6.45) is 2.62. The molecule has 0 saturated carbocycles. The number of aromatic nitrogens is 1. The van der Waals surface area contributed by atoms with Crippen LogP contribution in [0.1, 0.15) is 23.8 Å². The van der Waals surface area contributed by atoms with E-state index in [1.54, 1.807) is 6.20 Å². The van der Waals surface area contributed by atoms with Crippen LogP contribution in [-0.4, -0.2) is 35.4 Å². The van der Waals surface area contributed by atoms with Gasteiger partial charge in [0.1, 0.15) is 0 Å². The number of carbonyl (C=O) groups excluding carboxylic acids is 1. The Bertz CT molecular complexity index is 918. The first kappa shape index (κ1) is 23.9. The lowest BCUT2D eigenvalue weighted by Crippen LogP contribution is -2.30. The third-order valence-corrected chi connectivity index (χ3v) is 5.49. The first-order valence-corrected chi connectivity index (χ1v) is 9.77. The summed E-state index contributed by atoms with van der Waals surface area (Å²) in [6.45, 7) is 2.03. The minimum Gasteiger partial charge on any atom is -0.441 e. The Hall–Kier alpha value is -2.34. The van der Waals surface area contributed by atoms with Gasteiger partial charge in [-0.15, -0.1) is 24.8 Å². The topological polar surface area (TPSA) is 72.4 Å². The first-order valence-electron chi connectivity index (χ1n) is 9.77. The second-order valence-corrected chi connectivity index (χ2v) is 7.30. The standard InChI is InChI=1S/C23H25N3O2.2ClH/c24-13-19-15-26(16-20(19)17-7-3-1-4-8-17)23(27)12-11-22-25-14-21(28-22)18-9-5-2-6-10-18;;/h1-10,14,19-20H,11-13,15-16,24H2;2*1H/t19-,20+;;/m1../s1. The molecule has 1 aromatic heterocycles. The lowest BCUT2D eigenvalue weighted by Gasteiger charge is -2.16. The molecular formula is C23H27Cl2N3O2. The van der Waals surface area contributed by atoms with E-state index in [0.29, 0.717) is 37.1 Å². The van der Waals surface area contributed by atoms with E-state index in [2.05, 4.69) is 17.1 Å².